The minimum absolute atomic E-state index is 0.276. The first-order valence-corrected chi connectivity index (χ1v) is 7.47. The first kappa shape index (κ1) is 15.5. The van der Waals surface area contributed by atoms with Crippen molar-refractivity contribution in [1.82, 2.24) is 9.78 Å². The summed E-state index contributed by atoms with van der Waals surface area (Å²) in [6.45, 7) is 2.20. The van der Waals surface area contributed by atoms with Crippen LogP contribution in [-0.4, -0.2) is 30.3 Å². The Labute approximate surface area is 135 Å². The number of nitrogens with zero attached hydrogens (tertiary/aromatic N) is 2. The summed E-state index contributed by atoms with van der Waals surface area (Å²) in [6.07, 6.45) is -0.276. The Balaban J connectivity index is 1.99. The number of hydrogen-bond donors (Lipinski definition) is 0. The normalized spacial score (nSPS) is 12.5. The third-order valence-corrected chi connectivity index (χ3v) is 3.78. The Bertz CT molecular complexity index is 781. The molecule has 0 radical (unpaired) electrons. The predicted molar refractivity (Wildman–Crippen MR) is 89.3 cm³/mol. The van der Waals surface area contributed by atoms with Crippen LogP contribution in [0, 0.1) is 0 Å². The van der Waals surface area contributed by atoms with Crippen molar-refractivity contribution < 1.29 is 14.2 Å². The van der Waals surface area contributed by atoms with Crippen LogP contribution in [-0.2, 0) is 16.2 Å². The summed E-state index contributed by atoms with van der Waals surface area (Å²) in [5.41, 5.74) is 3.00. The zero-order valence-electron chi connectivity index (χ0n) is 13.5. The van der Waals surface area contributed by atoms with Gasteiger partial charge >= 0.3 is 0 Å². The van der Waals surface area contributed by atoms with E-state index in [-0.39, 0.29) is 6.29 Å². The third-order valence-electron chi connectivity index (χ3n) is 3.78. The van der Waals surface area contributed by atoms with E-state index in [1.54, 1.807) is 14.2 Å². The van der Waals surface area contributed by atoms with Gasteiger partial charge in [0.2, 0.25) is 0 Å². The first-order valence-electron chi connectivity index (χ1n) is 7.47. The van der Waals surface area contributed by atoms with E-state index >= 15 is 0 Å². The second kappa shape index (κ2) is 6.81. The molecule has 120 valence electrons. The van der Waals surface area contributed by atoms with Crippen molar-refractivity contribution in [1.29, 1.82) is 0 Å². The van der Waals surface area contributed by atoms with Crippen molar-refractivity contribution in [2.45, 2.75) is 19.9 Å². The Morgan fingerprint density at radius 1 is 1.04 bits per heavy atom. The molecule has 23 heavy (non-hydrogen) atoms. The molecule has 1 unspecified atom stereocenters. The van der Waals surface area contributed by atoms with Crippen LogP contribution in [0.25, 0.3) is 22.2 Å². The van der Waals surface area contributed by atoms with Crippen LogP contribution in [0.5, 0.6) is 5.75 Å². The molecule has 1 heterocycles. The zero-order valence-corrected chi connectivity index (χ0v) is 13.5. The molecule has 0 saturated carbocycles. The van der Waals surface area contributed by atoms with Crippen molar-refractivity contribution in [2.24, 2.45) is 0 Å². The Hall–Kier alpha value is -2.37. The maximum atomic E-state index is 5.63. The van der Waals surface area contributed by atoms with Crippen LogP contribution in [0.15, 0.2) is 48.5 Å². The largest absolute Gasteiger partial charge is 0.497 e. The van der Waals surface area contributed by atoms with E-state index in [1.807, 2.05) is 54.1 Å². The number of rotatable bonds is 6. The second-order valence-corrected chi connectivity index (χ2v) is 5.19. The second-order valence-electron chi connectivity index (χ2n) is 5.19. The molecule has 1 aromatic heterocycles. The number of hydrogen-bond acceptors (Lipinski definition) is 4. The van der Waals surface area contributed by atoms with Crippen molar-refractivity contribution in [3.63, 3.8) is 0 Å². The van der Waals surface area contributed by atoms with E-state index < -0.39 is 0 Å². The van der Waals surface area contributed by atoms with Gasteiger partial charge in [0, 0.05) is 18.1 Å². The molecule has 1 atom stereocenters. The van der Waals surface area contributed by atoms with Gasteiger partial charge < -0.3 is 14.2 Å². The number of fused-ring (bicyclic) bond motifs is 1. The summed E-state index contributed by atoms with van der Waals surface area (Å²) >= 11 is 0. The van der Waals surface area contributed by atoms with Crippen molar-refractivity contribution in [3.05, 3.63) is 48.5 Å². The molecule has 0 aliphatic carbocycles. The maximum absolute atomic E-state index is 5.63. The molecule has 2 aromatic carbocycles. The van der Waals surface area contributed by atoms with Gasteiger partial charge in [-0.25, -0.2) is 4.68 Å². The van der Waals surface area contributed by atoms with E-state index in [4.69, 9.17) is 19.3 Å². The van der Waals surface area contributed by atoms with E-state index in [2.05, 4.69) is 6.07 Å². The third kappa shape index (κ3) is 3.21. The number of para-hydroxylation sites is 1. The average molecular weight is 312 g/mol. The van der Waals surface area contributed by atoms with Gasteiger partial charge in [-0.2, -0.15) is 5.10 Å². The van der Waals surface area contributed by atoms with Gasteiger partial charge in [-0.15, -0.1) is 0 Å². The lowest BCUT2D eigenvalue weighted by atomic mass is 10.1. The molecule has 5 nitrogen and oxygen atoms in total. The molecule has 0 aliphatic heterocycles. The SMILES string of the molecule is COc1ccc(-c2nn(COC(C)OC)c3ccccc23)cc1. The van der Waals surface area contributed by atoms with Crippen molar-refractivity contribution in [3.8, 4) is 17.0 Å². The fourth-order valence-electron chi connectivity index (χ4n) is 2.43. The molecule has 3 rings (SSSR count). The fraction of sp³-hybridized carbons (Fsp3) is 0.278. The maximum Gasteiger partial charge on any atom is 0.156 e. The van der Waals surface area contributed by atoms with Gasteiger partial charge in [0.25, 0.3) is 0 Å². The highest BCUT2D eigenvalue weighted by Crippen LogP contribution is 2.29. The van der Waals surface area contributed by atoms with Gasteiger partial charge in [0.15, 0.2) is 6.29 Å². The monoisotopic (exact) mass is 312 g/mol. The molecule has 0 saturated heterocycles. The van der Waals surface area contributed by atoms with Crippen LogP contribution < -0.4 is 4.74 Å². The van der Waals surface area contributed by atoms with Gasteiger partial charge in [-0.3, -0.25) is 0 Å². The van der Waals surface area contributed by atoms with Crippen LogP contribution in [0.1, 0.15) is 6.92 Å². The fourth-order valence-corrected chi connectivity index (χ4v) is 2.43. The summed E-state index contributed by atoms with van der Waals surface area (Å²) in [4.78, 5) is 0. The summed E-state index contributed by atoms with van der Waals surface area (Å²) in [5, 5.41) is 5.81. The molecule has 3 aromatic rings. The van der Waals surface area contributed by atoms with Crippen molar-refractivity contribution >= 4 is 10.9 Å². The standard InChI is InChI=1S/C18H20N2O3/c1-13(21-2)23-12-20-17-7-5-4-6-16(17)18(19-20)14-8-10-15(22-3)11-9-14/h4-11,13H,12H2,1-3H3. The molecule has 0 bridgehead atoms. The Morgan fingerprint density at radius 3 is 2.48 bits per heavy atom. The van der Waals surface area contributed by atoms with E-state index in [1.165, 1.54) is 0 Å². The highest BCUT2D eigenvalue weighted by Gasteiger charge is 2.12. The number of aromatic nitrogens is 2. The van der Waals surface area contributed by atoms with Crippen LogP contribution in [0.4, 0.5) is 0 Å². The average Bonchev–Trinajstić information content (AvgIpc) is 2.98. The van der Waals surface area contributed by atoms with E-state index in [9.17, 15) is 0 Å². The number of benzene rings is 2. The number of ether oxygens (including phenoxy) is 3. The smallest absolute Gasteiger partial charge is 0.156 e. The van der Waals surface area contributed by atoms with Crippen molar-refractivity contribution in [2.75, 3.05) is 14.2 Å². The summed E-state index contributed by atoms with van der Waals surface area (Å²) in [6, 6.07) is 16.0. The highest BCUT2D eigenvalue weighted by atomic mass is 16.7. The van der Waals surface area contributed by atoms with E-state index in [0.29, 0.717) is 6.73 Å². The number of methoxy groups -OCH3 is 2. The summed E-state index contributed by atoms with van der Waals surface area (Å²) in [5.74, 6) is 0.828. The topological polar surface area (TPSA) is 45.5 Å². The van der Waals surface area contributed by atoms with Crippen LogP contribution in [0.3, 0.4) is 0 Å². The molecule has 5 heteroatoms. The quantitative estimate of drug-likeness (QED) is 0.651. The summed E-state index contributed by atoms with van der Waals surface area (Å²) in [7, 11) is 3.28. The van der Waals surface area contributed by atoms with E-state index in [0.717, 1.165) is 27.9 Å². The zero-order chi connectivity index (χ0) is 16.2. The molecule has 0 amide bonds. The van der Waals surface area contributed by atoms with Crippen LogP contribution >= 0.6 is 0 Å². The van der Waals surface area contributed by atoms with Gasteiger partial charge in [-0.1, -0.05) is 18.2 Å². The lowest BCUT2D eigenvalue weighted by Crippen LogP contribution is -2.14. The predicted octanol–water partition coefficient (Wildman–Crippen LogP) is 3.68. The minimum atomic E-state index is -0.276. The molecule has 0 fully saturated rings. The summed E-state index contributed by atoms with van der Waals surface area (Å²) < 4.78 is 17.8. The van der Waals surface area contributed by atoms with Gasteiger partial charge in [-0.05, 0) is 37.3 Å². The molecular formula is C18H20N2O3. The molecule has 0 spiro atoms. The Morgan fingerprint density at radius 2 is 1.78 bits per heavy atom. The Kier molecular flexibility index (Phi) is 4.60. The molecule has 0 aliphatic rings. The first-order chi connectivity index (χ1) is 11.2. The van der Waals surface area contributed by atoms with Gasteiger partial charge in [0.1, 0.15) is 18.2 Å². The lowest BCUT2D eigenvalue weighted by molar-refractivity contribution is -0.135. The highest BCUT2D eigenvalue weighted by molar-refractivity contribution is 5.93. The van der Waals surface area contributed by atoms with Crippen LogP contribution in [0.2, 0.25) is 0 Å². The minimum Gasteiger partial charge on any atom is -0.497 e. The van der Waals surface area contributed by atoms with Gasteiger partial charge in [0.05, 0.1) is 12.6 Å². The lowest BCUT2D eigenvalue weighted by Gasteiger charge is -2.11. The molecule has 0 N–H and O–H groups in total. The molecular weight excluding hydrogens is 292 g/mol.